The lowest BCUT2D eigenvalue weighted by Crippen LogP contribution is -2.46. The van der Waals surface area contributed by atoms with Crippen molar-refractivity contribution in [2.45, 2.75) is 12.6 Å². The molecule has 2 heterocycles. The Hall–Kier alpha value is -1.61. The van der Waals surface area contributed by atoms with E-state index in [9.17, 15) is 13.2 Å². The Balaban J connectivity index is 2.14. The van der Waals surface area contributed by atoms with E-state index in [2.05, 4.69) is 10.4 Å². The second-order valence-electron chi connectivity index (χ2n) is 5.06. The summed E-state index contributed by atoms with van der Waals surface area (Å²) in [4.78, 5) is 13.0. The molecule has 1 aliphatic heterocycles. The second kappa shape index (κ2) is 5.41. The third kappa shape index (κ3) is 3.10. The van der Waals surface area contributed by atoms with Gasteiger partial charge in [0.2, 0.25) is 10.0 Å². The van der Waals surface area contributed by atoms with Crippen molar-refractivity contribution in [2.75, 3.05) is 33.4 Å². The first-order valence-corrected chi connectivity index (χ1v) is 8.06. The number of sulfonamides is 1. The van der Waals surface area contributed by atoms with Gasteiger partial charge >= 0.3 is 6.03 Å². The van der Waals surface area contributed by atoms with E-state index in [0.717, 1.165) is 5.69 Å². The van der Waals surface area contributed by atoms with Crippen molar-refractivity contribution < 1.29 is 13.2 Å². The fourth-order valence-electron chi connectivity index (χ4n) is 2.12. The standard InChI is InChI=1S/C11H19N5O3S/c1-14(2)11(17)12-6-10-8-15(20(3,18)19)7-9-4-5-13-16(9)10/h4-5,10H,6-8H2,1-3H3,(H,12,17)/t10-/m1/s1. The molecule has 0 unspecified atom stereocenters. The average Bonchev–Trinajstić information content (AvgIpc) is 2.82. The number of carbonyl (C=O) groups is 1. The number of amides is 2. The van der Waals surface area contributed by atoms with Gasteiger partial charge in [-0.15, -0.1) is 0 Å². The van der Waals surface area contributed by atoms with Gasteiger partial charge in [0.1, 0.15) is 0 Å². The monoisotopic (exact) mass is 301 g/mol. The van der Waals surface area contributed by atoms with E-state index >= 15 is 0 Å². The Kier molecular flexibility index (Phi) is 4.00. The highest BCUT2D eigenvalue weighted by Crippen LogP contribution is 2.21. The maximum absolute atomic E-state index is 11.7. The molecule has 1 N–H and O–H groups in total. The van der Waals surface area contributed by atoms with E-state index in [1.54, 1.807) is 31.0 Å². The minimum atomic E-state index is -3.27. The number of carbonyl (C=O) groups excluding carboxylic acids is 1. The van der Waals surface area contributed by atoms with Crippen LogP contribution in [0.25, 0.3) is 0 Å². The third-order valence-corrected chi connectivity index (χ3v) is 4.43. The lowest BCUT2D eigenvalue weighted by molar-refractivity contribution is 0.209. The molecule has 0 bridgehead atoms. The molecule has 1 aromatic rings. The van der Waals surface area contributed by atoms with Gasteiger partial charge in [-0.3, -0.25) is 4.68 Å². The normalized spacial score (nSPS) is 19.4. The van der Waals surface area contributed by atoms with E-state index in [4.69, 9.17) is 0 Å². The van der Waals surface area contributed by atoms with Gasteiger partial charge in [-0.1, -0.05) is 0 Å². The fraction of sp³-hybridized carbons (Fsp3) is 0.636. The topological polar surface area (TPSA) is 87.5 Å². The third-order valence-electron chi connectivity index (χ3n) is 3.21. The maximum atomic E-state index is 11.7. The van der Waals surface area contributed by atoms with Crippen LogP contribution in [-0.4, -0.2) is 66.9 Å². The quantitative estimate of drug-likeness (QED) is 0.813. The summed E-state index contributed by atoms with van der Waals surface area (Å²) in [6, 6.07) is 1.38. The van der Waals surface area contributed by atoms with Crippen LogP contribution in [0.4, 0.5) is 4.79 Å². The number of aromatic nitrogens is 2. The van der Waals surface area contributed by atoms with Crippen LogP contribution in [0.1, 0.15) is 11.7 Å². The summed E-state index contributed by atoms with van der Waals surface area (Å²) in [6.07, 6.45) is 2.83. The van der Waals surface area contributed by atoms with Gasteiger partial charge in [-0.2, -0.15) is 9.40 Å². The van der Waals surface area contributed by atoms with Gasteiger partial charge < -0.3 is 10.2 Å². The van der Waals surface area contributed by atoms with Crippen molar-refractivity contribution in [3.05, 3.63) is 18.0 Å². The molecule has 0 saturated carbocycles. The summed E-state index contributed by atoms with van der Waals surface area (Å²) in [5.41, 5.74) is 0.825. The van der Waals surface area contributed by atoms with Crippen LogP contribution in [0.15, 0.2) is 12.3 Å². The molecule has 1 aliphatic rings. The average molecular weight is 301 g/mol. The fourth-order valence-corrected chi connectivity index (χ4v) is 2.93. The van der Waals surface area contributed by atoms with Crippen molar-refractivity contribution >= 4 is 16.1 Å². The maximum Gasteiger partial charge on any atom is 0.316 e. The zero-order chi connectivity index (χ0) is 14.9. The van der Waals surface area contributed by atoms with Crippen molar-refractivity contribution in [1.82, 2.24) is 24.3 Å². The van der Waals surface area contributed by atoms with Crippen molar-refractivity contribution in [2.24, 2.45) is 0 Å². The van der Waals surface area contributed by atoms with Crippen molar-refractivity contribution in [3.8, 4) is 0 Å². The number of hydrogen-bond donors (Lipinski definition) is 1. The molecule has 0 radical (unpaired) electrons. The molecule has 1 atom stereocenters. The Morgan fingerprint density at radius 2 is 2.25 bits per heavy atom. The Morgan fingerprint density at radius 1 is 1.55 bits per heavy atom. The van der Waals surface area contributed by atoms with Crippen molar-refractivity contribution in [3.63, 3.8) is 0 Å². The highest BCUT2D eigenvalue weighted by molar-refractivity contribution is 7.88. The van der Waals surface area contributed by atoms with Crippen LogP contribution >= 0.6 is 0 Å². The molecule has 0 aromatic carbocycles. The number of hydrogen-bond acceptors (Lipinski definition) is 4. The van der Waals surface area contributed by atoms with E-state index in [1.807, 2.05) is 0 Å². The lowest BCUT2D eigenvalue weighted by atomic mass is 10.2. The first kappa shape index (κ1) is 14.8. The number of urea groups is 1. The highest BCUT2D eigenvalue weighted by atomic mass is 32.2. The molecule has 0 aliphatic carbocycles. The highest BCUT2D eigenvalue weighted by Gasteiger charge is 2.30. The molecule has 20 heavy (non-hydrogen) atoms. The molecule has 0 saturated heterocycles. The Bertz CT molecular complexity index is 595. The number of nitrogens with one attached hydrogen (secondary N) is 1. The largest absolute Gasteiger partial charge is 0.336 e. The summed E-state index contributed by atoms with van der Waals surface area (Å²) < 4.78 is 26.6. The van der Waals surface area contributed by atoms with Gasteiger partial charge in [0.25, 0.3) is 0 Å². The molecule has 0 spiro atoms. The lowest BCUT2D eigenvalue weighted by Gasteiger charge is -2.32. The Morgan fingerprint density at radius 3 is 2.85 bits per heavy atom. The molecule has 0 fully saturated rings. The summed E-state index contributed by atoms with van der Waals surface area (Å²) in [6.45, 7) is 0.954. The van der Waals surface area contributed by atoms with E-state index < -0.39 is 10.0 Å². The Labute approximate surface area is 118 Å². The first-order valence-electron chi connectivity index (χ1n) is 6.21. The van der Waals surface area contributed by atoms with Crippen LogP contribution in [-0.2, 0) is 16.6 Å². The minimum Gasteiger partial charge on any atom is -0.336 e. The summed E-state index contributed by atoms with van der Waals surface area (Å²) in [7, 11) is 0.0371. The molecule has 1 aromatic heterocycles. The molecular weight excluding hydrogens is 282 g/mol. The number of nitrogens with zero attached hydrogens (tertiary/aromatic N) is 4. The molecular formula is C11H19N5O3S. The zero-order valence-corrected chi connectivity index (χ0v) is 12.6. The molecule has 112 valence electrons. The van der Waals surface area contributed by atoms with Gasteiger partial charge in [0, 0.05) is 33.4 Å². The van der Waals surface area contributed by atoms with Crippen LogP contribution in [0.5, 0.6) is 0 Å². The zero-order valence-electron chi connectivity index (χ0n) is 11.8. The van der Waals surface area contributed by atoms with Crippen LogP contribution in [0.2, 0.25) is 0 Å². The minimum absolute atomic E-state index is 0.202. The molecule has 9 heteroatoms. The van der Waals surface area contributed by atoms with E-state index in [1.165, 1.54) is 15.5 Å². The van der Waals surface area contributed by atoms with Crippen LogP contribution < -0.4 is 5.32 Å². The van der Waals surface area contributed by atoms with Gasteiger partial charge in [-0.05, 0) is 6.07 Å². The van der Waals surface area contributed by atoms with Crippen LogP contribution in [0, 0.1) is 0 Å². The first-order chi connectivity index (χ1) is 9.29. The smallest absolute Gasteiger partial charge is 0.316 e. The summed E-state index contributed by atoms with van der Waals surface area (Å²) in [5, 5.41) is 6.97. The molecule has 2 rings (SSSR count). The van der Waals surface area contributed by atoms with Gasteiger partial charge in [0.15, 0.2) is 0 Å². The summed E-state index contributed by atoms with van der Waals surface area (Å²) in [5.74, 6) is 0. The summed E-state index contributed by atoms with van der Waals surface area (Å²) >= 11 is 0. The number of rotatable bonds is 3. The SMILES string of the molecule is CN(C)C(=O)NC[C@@H]1CN(S(C)(=O)=O)Cc2ccnn21. The second-order valence-corrected chi connectivity index (χ2v) is 7.04. The van der Waals surface area contributed by atoms with Gasteiger partial charge in [0.05, 0.1) is 24.5 Å². The number of fused-ring (bicyclic) bond motifs is 1. The molecule has 8 nitrogen and oxygen atoms in total. The predicted octanol–water partition coefficient (Wildman–Crippen LogP) is -0.529. The van der Waals surface area contributed by atoms with E-state index in [0.29, 0.717) is 19.6 Å². The predicted molar refractivity (Wildman–Crippen MR) is 73.6 cm³/mol. The van der Waals surface area contributed by atoms with Crippen LogP contribution in [0.3, 0.4) is 0 Å². The van der Waals surface area contributed by atoms with E-state index in [-0.39, 0.29) is 12.1 Å². The van der Waals surface area contributed by atoms with Gasteiger partial charge in [-0.25, -0.2) is 13.2 Å². The molecule has 2 amide bonds. The van der Waals surface area contributed by atoms with Crippen molar-refractivity contribution in [1.29, 1.82) is 0 Å².